The zero-order valence-corrected chi connectivity index (χ0v) is 9.45. The van der Waals surface area contributed by atoms with Crippen LogP contribution >= 0.6 is 0 Å². The van der Waals surface area contributed by atoms with Gasteiger partial charge >= 0.3 is 0 Å². The van der Waals surface area contributed by atoms with E-state index in [1.54, 1.807) is 0 Å². The van der Waals surface area contributed by atoms with Gasteiger partial charge in [-0.15, -0.1) is 0 Å². The molecule has 3 aliphatic rings. The van der Waals surface area contributed by atoms with Crippen LogP contribution < -0.4 is 0 Å². The Morgan fingerprint density at radius 1 is 0.867 bits per heavy atom. The topological polar surface area (TPSA) is 20.3 Å². The minimum Gasteiger partial charge on any atom is -0.342 e. The Labute approximate surface area is 92.0 Å². The first-order valence-electron chi connectivity index (χ1n) is 6.65. The number of carbonyl (C=O) groups is 1. The predicted octanol–water partition coefficient (Wildman–Crippen LogP) is 2.44. The quantitative estimate of drug-likeness (QED) is 0.597. The number of amides is 1. The summed E-state index contributed by atoms with van der Waals surface area (Å²) in [6, 6.07) is 0. The van der Waals surface area contributed by atoms with Gasteiger partial charge in [-0.3, -0.25) is 4.79 Å². The van der Waals surface area contributed by atoms with Gasteiger partial charge in [-0.05, 0) is 43.9 Å². The molecule has 84 valence electrons. The number of hydrogen-bond acceptors (Lipinski definition) is 1. The second kappa shape index (κ2) is 3.80. The summed E-state index contributed by atoms with van der Waals surface area (Å²) >= 11 is 0. The number of hydrogen-bond donors (Lipinski definition) is 0. The first-order chi connectivity index (χ1) is 7.36. The second-order valence-corrected chi connectivity index (χ2v) is 5.59. The molecule has 2 bridgehead atoms. The molecule has 3 fully saturated rings. The number of rotatable bonds is 0. The lowest BCUT2D eigenvalue weighted by atomic mass is 9.66. The highest BCUT2D eigenvalue weighted by atomic mass is 16.2. The van der Waals surface area contributed by atoms with E-state index in [0.717, 1.165) is 24.9 Å². The molecule has 0 radical (unpaired) electrons. The van der Waals surface area contributed by atoms with E-state index in [9.17, 15) is 4.79 Å². The monoisotopic (exact) mass is 207 g/mol. The summed E-state index contributed by atoms with van der Waals surface area (Å²) in [6.45, 7) is 2.08. The minimum atomic E-state index is 0.424. The van der Waals surface area contributed by atoms with Crippen LogP contribution in [0.1, 0.15) is 44.9 Å². The van der Waals surface area contributed by atoms with E-state index in [1.165, 1.54) is 44.9 Å². The lowest BCUT2D eigenvalue weighted by Crippen LogP contribution is -2.50. The molecule has 15 heavy (non-hydrogen) atoms. The van der Waals surface area contributed by atoms with E-state index in [2.05, 4.69) is 4.90 Å². The average Bonchev–Trinajstić information content (AvgIpc) is 2.25. The fraction of sp³-hybridized carbons (Fsp3) is 0.923. The molecule has 2 heterocycles. The van der Waals surface area contributed by atoms with Gasteiger partial charge < -0.3 is 4.90 Å². The summed E-state index contributed by atoms with van der Waals surface area (Å²) < 4.78 is 0. The molecule has 0 aromatic carbocycles. The van der Waals surface area contributed by atoms with Gasteiger partial charge in [-0.1, -0.05) is 12.8 Å². The highest BCUT2D eigenvalue weighted by Crippen LogP contribution is 2.43. The van der Waals surface area contributed by atoms with Crippen molar-refractivity contribution in [3.8, 4) is 0 Å². The third-order valence-corrected chi connectivity index (χ3v) is 4.79. The van der Waals surface area contributed by atoms with Gasteiger partial charge in [0.2, 0.25) is 5.91 Å². The largest absolute Gasteiger partial charge is 0.342 e. The second-order valence-electron chi connectivity index (χ2n) is 5.59. The standard InChI is InChI=1S/C13H21NO/c15-13-12-10-4-1-2-8-14(13)9-7-11(12)6-3-5-10/h10-12H,1-9H2. The molecule has 0 spiro atoms. The molecule has 2 nitrogen and oxygen atoms in total. The van der Waals surface area contributed by atoms with E-state index >= 15 is 0 Å². The average molecular weight is 207 g/mol. The molecule has 3 rings (SSSR count). The molecule has 0 aromatic heterocycles. The minimum absolute atomic E-state index is 0.424. The molecule has 1 aliphatic carbocycles. The first-order valence-corrected chi connectivity index (χ1v) is 6.65. The molecule has 3 atom stereocenters. The van der Waals surface area contributed by atoms with E-state index in [4.69, 9.17) is 0 Å². The summed E-state index contributed by atoms with van der Waals surface area (Å²) in [5.74, 6) is 2.41. The molecule has 1 saturated carbocycles. The summed E-state index contributed by atoms with van der Waals surface area (Å²) in [6.07, 6.45) is 9.20. The van der Waals surface area contributed by atoms with Crippen molar-refractivity contribution in [3.05, 3.63) is 0 Å². The van der Waals surface area contributed by atoms with Crippen LogP contribution in [0.4, 0.5) is 0 Å². The number of fused-ring (bicyclic) bond motifs is 1. The Balaban J connectivity index is 1.87. The van der Waals surface area contributed by atoms with E-state index < -0.39 is 0 Å². The van der Waals surface area contributed by atoms with Crippen molar-refractivity contribution in [2.45, 2.75) is 44.9 Å². The Bertz CT molecular complexity index is 263. The highest BCUT2D eigenvalue weighted by molar-refractivity contribution is 5.80. The lowest BCUT2D eigenvalue weighted by molar-refractivity contribution is -0.147. The van der Waals surface area contributed by atoms with Gasteiger partial charge in [0.15, 0.2) is 0 Å². The normalized spacial score (nSPS) is 40.9. The van der Waals surface area contributed by atoms with Gasteiger partial charge in [0, 0.05) is 19.0 Å². The summed E-state index contributed by atoms with van der Waals surface area (Å²) in [5, 5.41) is 0. The number of nitrogens with zero attached hydrogens (tertiary/aromatic N) is 1. The Kier molecular flexibility index (Phi) is 2.45. The molecule has 2 aliphatic heterocycles. The maximum atomic E-state index is 12.3. The number of piperidine rings is 1. The number of carbonyl (C=O) groups excluding carboxylic acids is 1. The van der Waals surface area contributed by atoms with Crippen molar-refractivity contribution in [1.82, 2.24) is 4.90 Å². The molecule has 3 unspecified atom stereocenters. The maximum absolute atomic E-state index is 12.3. The van der Waals surface area contributed by atoms with E-state index in [1.807, 2.05) is 0 Å². The van der Waals surface area contributed by atoms with Crippen molar-refractivity contribution in [1.29, 1.82) is 0 Å². The zero-order valence-electron chi connectivity index (χ0n) is 9.45. The van der Waals surface area contributed by atoms with Crippen LogP contribution in [0.3, 0.4) is 0 Å². The van der Waals surface area contributed by atoms with Crippen molar-refractivity contribution in [3.63, 3.8) is 0 Å². The van der Waals surface area contributed by atoms with E-state index in [-0.39, 0.29) is 0 Å². The van der Waals surface area contributed by atoms with Crippen molar-refractivity contribution in [2.75, 3.05) is 13.1 Å². The Hall–Kier alpha value is -0.530. The molecular weight excluding hydrogens is 186 g/mol. The predicted molar refractivity (Wildman–Crippen MR) is 59.4 cm³/mol. The first kappa shape index (κ1) is 9.68. The summed E-state index contributed by atoms with van der Waals surface area (Å²) in [7, 11) is 0. The van der Waals surface area contributed by atoms with Crippen LogP contribution in [-0.4, -0.2) is 23.9 Å². The van der Waals surface area contributed by atoms with Crippen molar-refractivity contribution in [2.24, 2.45) is 17.8 Å². The fourth-order valence-corrected chi connectivity index (χ4v) is 4.01. The van der Waals surface area contributed by atoms with Gasteiger partial charge in [0.25, 0.3) is 0 Å². The van der Waals surface area contributed by atoms with Gasteiger partial charge in [-0.25, -0.2) is 0 Å². The van der Waals surface area contributed by atoms with Crippen LogP contribution in [0.5, 0.6) is 0 Å². The van der Waals surface area contributed by atoms with Crippen molar-refractivity contribution < 1.29 is 4.79 Å². The molecule has 2 heteroatoms. The van der Waals surface area contributed by atoms with Crippen LogP contribution in [0.2, 0.25) is 0 Å². The lowest BCUT2D eigenvalue weighted by Gasteiger charge is -2.46. The highest BCUT2D eigenvalue weighted by Gasteiger charge is 2.43. The summed E-state index contributed by atoms with van der Waals surface area (Å²) in [5.41, 5.74) is 0. The molecule has 1 amide bonds. The van der Waals surface area contributed by atoms with Crippen LogP contribution in [0.15, 0.2) is 0 Å². The van der Waals surface area contributed by atoms with Crippen molar-refractivity contribution >= 4 is 5.91 Å². The third-order valence-electron chi connectivity index (χ3n) is 4.79. The van der Waals surface area contributed by atoms with Gasteiger partial charge in [0.05, 0.1) is 0 Å². The SMILES string of the molecule is O=C1C2C3CCCCN1CCC2CCC3. The Morgan fingerprint density at radius 2 is 1.60 bits per heavy atom. The van der Waals surface area contributed by atoms with Crippen LogP contribution in [0.25, 0.3) is 0 Å². The Morgan fingerprint density at radius 3 is 2.47 bits per heavy atom. The fourth-order valence-electron chi connectivity index (χ4n) is 4.01. The van der Waals surface area contributed by atoms with Gasteiger partial charge in [0.1, 0.15) is 0 Å². The van der Waals surface area contributed by atoms with Crippen LogP contribution in [-0.2, 0) is 4.79 Å². The summed E-state index contributed by atoms with van der Waals surface area (Å²) in [4.78, 5) is 14.5. The van der Waals surface area contributed by atoms with E-state index in [0.29, 0.717) is 11.8 Å². The maximum Gasteiger partial charge on any atom is 0.226 e. The molecule has 2 saturated heterocycles. The molecule has 0 aromatic rings. The molecule has 0 N–H and O–H groups in total. The zero-order chi connectivity index (χ0) is 10.3. The molecular formula is C13H21NO. The smallest absolute Gasteiger partial charge is 0.226 e. The third kappa shape index (κ3) is 1.58. The van der Waals surface area contributed by atoms with Gasteiger partial charge in [-0.2, -0.15) is 0 Å². The van der Waals surface area contributed by atoms with Crippen LogP contribution in [0, 0.1) is 17.8 Å².